The number of hydrogen-bond donors (Lipinski definition) is 2. The van der Waals surface area contributed by atoms with E-state index in [0.29, 0.717) is 42.5 Å². The van der Waals surface area contributed by atoms with Crippen molar-refractivity contribution < 1.29 is 36.2 Å². The van der Waals surface area contributed by atoms with Crippen LogP contribution in [-0.2, 0) is 20.8 Å². The van der Waals surface area contributed by atoms with E-state index in [2.05, 4.69) is 10.3 Å². The number of benzene rings is 1. The Morgan fingerprint density at radius 1 is 1.22 bits per heavy atom. The van der Waals surface area contributed by atoms with Gasteiger partial charge >= 0.3 is 12.3 Å². The third kappa shape index (κ3) is 6.33. The fourth-order valence-corrected chi connectivity index (χ4v) is 6.09. The number of methoxy groups -OCH3 is 1. The van der Waals surface area contributed by atoms with Gasteiger partial charge in [-0.3, -0.25) is 4.98 Å². The summed E-state index contributed by atoms with van der Waals surface area (Å²) in [5, 5.41) is 17.8. The molecule has 2 fully saturated rings. The number of hydrogen-bond acceptors (Lipinski definition) is 6. The van der Waals surface area contributed by atoms with E-state index in [0.717, 1.165) is 12.1 Å². The first-order valence-electron chi connectivity index (χ1n) is 11.1. The molecule has 8 nitrogen and oxygen atoms in total. The van der Waals surface area contributed by atoms with Crippen LogP contribution < -0.4 is 5.32 Å². The van der Waals surface area contributed by atoms with E-state index in [1.807, 2.05) is 6.07 Å². The van der Waals surface area contributed by atoms with Gasteiger partial charge in [0.1, 0.15) is 5.54 Å². The number of amides is 1. The molecule has 2 atom stereocenters. The lowest BCUT2D eigenvalue weighted by atomic mass is 10.0. The summed E-state index contributed by atoms with van der Waals surface area (Å²) in [6, 6.07) is 8.54. The van der Waals surface area contributed by atoms with E-state index >= 15 is 0 Å². The lowest BCUT2D eigenvalue weighted by Gasteiger charge is -2.18. The Morgan fingerprint density at radius 2 is 1.89 bits per heavy atom. The zero-order valence-corrected chi connectivity index (χ0v) is 20.5. The van der Waals surface area contributed by atoms with Crippen molar-refractivity contribution in [2.75, 3.05) is 7.11 Å². The van der Waals surface area contributed by atoms with E-state index in [-0.39, 0.29) is 12.5 Å². The summed E-state index contributed by atoms with van der Waals surface area (Å²) in [6.45, 7) is 1.74. The van der Waals surface area contributed by atoms with Gasteiger partial charge in [0.25, 0.3) is 0 Å². The highest BCUT2D eigenvalue weighted by molar-refractivity contribution is 7.92. The molecule has 36 heavy (non-hydrogen) atoms. The number of aryl methyl sites for hydroxylation is 1. The predicted octanol–water partition coefficient (Wildman–Crippen LogP) is 4.73. The zero-order chi connectivity index (χ0) is 26.7. The number of ether oxygens (including phenoxy) is 1. The maximum atomic E-state index is 13.7. The van der Waals surface area contributed by atoms with E-state index in [9.17, 15) is 26.4 Å². The van der Waals surface area contributed by atoms with Gasteiger partial charge in [0.05, 0.1) is 27.9 Å². The van der Waals surface area contributed by atoms with Crippen molar-refractivity contribution in [1.29, 1.82) is 5.26 Å². The van der Waals surface area contributed by atoms with Crippen LogP contribution in [-0.4, -0.2) is 48.6 Å². The number of nitriles is 1. The van der Waals surface area contributed by atoms with Gasteiger partial charge in [0.2, 0.25) is 0 Å². The number of carboxylic acid groups (broad SMARTS) is 1. The molecule has 1 amide bonds. The van der Waals surface area contributed by atoms with Crippen LogP contribution in [0, 0.1) is 18.3 Å². The molecule has 2 aliphatic rings. The second kappa shape index (κ2) is 10.4. The van der Waals surface area contributed by atoms with Gasteiger partial charge in [-0.1, -0.05) is 6.07 Å². The zero-order valence-electron chi connectivity index (χ0n) is 19.7. The van der Waals surface area contributed by atoms with Crippen molar-refractivity contribution in [3.63, 3.8) is 0 Å². The molecule has 2 N–H and O–H groups in total. The Balaban J connectivity index is 0.000000338. The Kier molecular flexibility index (Phi) is 7.95. The molecule has 0 unspecified atom stereocenters. The van der Waals surface area contributed by atoms with Crippen molar-refractivity contribution in [1.82, 2.24) is 10.3 Å². The summed E-state index contributed by atoms with van der Waals surface area (Å²) in [5.74, 6) is 0. The summed E-state index contributed by atoms with van der Waals surface area (Å²) in [6.07, 6.45) is -2.30. The van der Waals surface area contributed by atoms with Gasteiger partial charge in [-0.2, -0.15) is 18.4 Å². The highest BCUT2D eigenvalue weighted by atomic mass is 32.2. The Hall–Kier alpha value is -3.17. The van der Waals surface area contributed by atoms with Crippen LogP contribution >= 0.6 is 0 Å². The first kappa shape index (κ1) is 27.4. The quantitative estimate of drug-likeness (QED) is 0.577. The number of alkyl halides is 3. The molecule has 1 aromatic carbocycles. The molecule has 12 heteroatoms. The van der Waals surface area contributed by atoms with Crippen molar-refractivity contribution in [3.05, 3.63) is 47.8 Å². The molecule has 0 bridgehead atoms. The molecule has 194 valence electrons. The summed E-state index contributed by atoms with van der Waals surface area (Å²) < 4.78 is 72.0. The fourth-order valence-electron chi connectivity index (χ4n) is 4.07. The van der Waals surface area contributed by atoms with Crippen LogP contribution in [0.3, 0.4) is 0 Å². The minimum atomic E-state index is -4.78. The molecule has 2 saturated carbocycles. The standard InChI is InChI=1S/C19H20F3NO3S.C5H6N2O2/c1-12-9-14(7-8-23-12)13-3-6-18(17(10-13)19(20,21)22)27(24,25)16-5-4-15(11-16)26-2;6-3-5(1-2-5)7-4(8)9/h3,6-10,15-16H,4-5,11H2,1-2H3;7H,1-2H2,(H,8,9)/t15-,16-;/m1./s1. The van der Waals surface area contributed by atoms with Gasteiger partial charge in [-0.25, -0.2) is 13.2 Å². The first-order valence-corrected chi connectivity index (χ1v) is 12.7. The first-order chi connectivity index (χ1) is 16.8. The maximum Gasteiger partial charge on any atom is 0.417 e. The summed E-state index contributed by atoms with van der Waals surface area (Å²) >= 11 is 0. The van der Waals surface area contributed by atoms with Gasteiger partial charge < -0.3 is 15.2 Å². The van der Waals surface area contributed by atoms with Crippen LogP contribution in [0.15, 0.2) is 41.4 Å². The molecule has 1 heterocycles. The molecule has 2 aromatic rings. The number of halogens is 3. The summed E-state index contributed by atoms with van der Waals surface area (Å²) in [7, 11) is -2.64. The van der Waals surface area contributed by atoms with Gasteiger partial charge in [0.15, 0.2) is 9.84 Å². The smallest absolute Gasteiger partial charge is 0.417 e. The second-order valence-electron chi connectivity index (χ2n) is 8.86. The predicted molar refractivity (Wildman–Crippen MR) is 124 cm³/mol. The minimum absolute atomic E-state index is 0.210. The SMILES string of the molecule is CO[C@@H]1CC[C@@H](S(=O)(=O)c2ccc(-c3ccnc(C)c3)cc2C(F)(F)F)C1.N#CC1(NC(=O)O)CC1. The molecule has 0 aliphatic heterocycles. The van der Waals surface area contributed by atoms with Crippen LogP contribution in [0.1, 0.15) is 43.4 Å². The van der Waals surface area contributed by atoms with Crippen LogP contribution in [0.5, 0.6) is 0 Å². The lowest BCUT2D eigenvalue weighted by molar-refractivity contribution is -0.139. The van der Waals surface area contributed by atoms with Gasteiger partial charge in [0, 0.05) is 19.0 Å². The number of nitrogens with zero attached hydrogens (tertiary/aromatic N) is 2. The number of pyridine rings is 1. The second-order valence-corrected chi connectivity index (χ2v) is 11.1. The molecular weight excluding hydrogens is 499 g/mol. The van der Waals surface area contributed by atoms with E-state index in [1.54, 1.807) is 19.1 Å². The average molecular weight is 526 g/mol. The Morgan fingerprint density at radius 3 is 2.36 bits per heavy atom. The van der Waals surface area contributed by atoms with E-state index in [4.69, 9.17) is 15.1 Å². The van der Waals surface area contributed by atoms with Gasteiger partial charge in [-0.15, -0.1) is 0 Å². The van der Waals surface area contributed by atoms with Crippen molar-refractivity contribution >= 4 is 15.9 Å². The summed E-state index contributed by atoms with van der Waals surface area (Å²) in [5.41, 5.74) is -0.346. The molecule has 2 aliphatic carbocycles. The highest BCUT2D eigenvalue weighted by Crippen LogP contribution is 2.40. The highest BCUT2D eigenvalue weighted by Gasteiger charge is 2.45. The molecule has 1 aromatic heterocycles. The molecule has 0 radical (unpaired) electrons. The van der Waals surface area contributed by atoms with Crippen molar-refractivity contribution in [3.8, 4) is 17.2 Å². The van der Waals surface area contributed by atoms with Crippen molar-refractivity contribution in [2.45, 2.75) is 67.0 Å². The van der Waals surface area contributed by atoms with Crippen LogP contribution in [0.4, 0.5) is 18.0 Å². The number of sulfone groups is 1. The largest absolute Gasteiger partial charge is 0.465 e. The third-order valence-electron chi connectivity index (χ3n) is 6.24. The Labute approximate surface area is 207 Å². The summed E-state index contributed by atoms with van der Waals surface area (Å²) in [4.78, 5) is 13.3. The van der Waals surface area contributed by atoms with Crippen LogP contribution in [0.2, 0.25) is 0 Å². The van der Waals surface area contributed by atoms with E-state index in [1.165, 1.54) is 19.4 Å². The minimum Gasteiger partial charge on any atom is -0.465 e. The topological polar surface area (TPSA) is 129 Å². The maximum absolute atomic E-state index is 13.7. The number of rotatable bonds is 5. The van der Waals surface area contributed by atoms with Gasteiger partial charge in [-0.05, 0) is 74.4 Å². The molecule has 0 spiro atoms. The number of carbonyl (C=O) groups is 1. The lowest BCUT2D eigenvalue weighted by Crippen LogP contribution is -2.33. The fraction of sp³-hybridized carbons (Fsp3) is 0.458. The van der Waals surface area contributed by atoms with Crippen LogP contribution in [0.25, 0.3) is 11.1 Å². The number of nitrogens with one attached hydrogen (secondary N) is 1. The molecule has 0 saturated heterocycles. The third-order valence-corrected chi connectivity index (χ3v) is 8.52. The number of aromatic nitrogens is 1. The monoisotopic (exact) mass is 525 g/mol. The Bertz CT molecular complexity index is 1270. The van der Waals surface area contributed by atoms with E-state index < -0.39 is 43.4 Å². The van der Waals surface area contributed by atoms with Crippen molar-refractivity contribution in [2.24, 2.45) is 0 Å². The molecule has 4 rings (SSSR count). The molecular formula is C24H26F3N3O5S. The average Bonchev–Trinajstić information content (AvgIpc) is 3.40. The normalized spacial score (nSPS) is 20.6.